The van der Waals surface area contributed by atoms with Crippen molar-refractivity contribution in [3.63, 3.8) is 0 Å². The molecule has 0 N–H and O–H groups in total. The van der Waals surface area contributed by atoms with E-state index in [4.69, 9.17) is 0 Å². The van der Waals surface area contributed by atoms with E-state index >= 15 is 0 Å². The molecule has 2 unspecified atom stereocenters. The second-order valence-electron chi connectivity index (χ2n) is 5.85. The van der Waals surface area contributed by atoms with Crippen LogP contribution >= 0.6 is 0 Å². The molecule has 0 amide bonds. The molecule has 2 heterocycles. The van der Waals surface area contributed by atoms with E-state index in [1.54, 1.807) is 0 Å². The number of nitrogens with zero attached hydrogens (tertiary/aromatic N) is 2. The van der Waals surface area contributed by atoms with Gasteiger partial charge in [-0.1, -0.05) is 43.3 Å². The predicted molar refractivity (Wildman–Crippen MR) is 84.5 cm³/mol. The van der Waals surface area contributed by atoms with Crippen LogP contribution in [0.2, 0.25) is 0 Å². The molecule has 0 fully saturated rings. The predicted octanol–water partition coefficient (Wildman–Crippen LogP) is 4.11. The van der Waals surface area contributed by atoms with Crippen LogP contribution in [0.25, 0.3) is 17.1 Å². The number of hydrogen-bond acceptors (Lipinski definition) is 0. The fourth-order valence-corrected chi connectivity index (χ4v) is 3.40. The van der Waals surface area contributed by atoms with Crippen LogP contribution in [0, 0.1) is 0 Å². The maximum Gasteiger partial charge on any atom is 0.294 e. The molecule has 2 nitrogen and oxygen atoms in total. The minimum absolute atomic E-state index is 0.472. The summed E-state index contributed by atoms with van der Waals surface area (Å²) in [5.74, 6) is 1.81. The molecule has 104 valence electrons. The smallest absolute Gasteiger partial charge is 0.227 e. The molecule has 0 bridgehead atoms. The molecule has 1 aliphatic rings. The van der Waals surface area contributed by atoms with Crippen LogP contribution in [0.1, 0.15) is 31.4 Å². The van der Waals surface area contributed by atoms with Crippen molar-refractivity contribution in [2.45, 2.75) is 25.8 Å². The number of imidazole rings is 1. The summed E-state index contributed by atoms with van der Waals surface area (Å²) >= 11 is 0. The van der Waals surface area contributed by atoms with Gasteiger partial charge in [-0.05, 0) is 30.7 Å². The third-order valence-corrected chi connectivity index (χ3v) is 4.74. The summed E-state index contributed by atoms with van der Waals surface area (Å²) in [4.78, 5) is 0. The lowest BCUT2D eigenvalue weighted by Gasteiger charge is -2.26. The first-order valence-corrected chi connectivity index (χ1v) is 7.54. The summed E-state index contributed by atoms with van der Waals surface area (Å²) in [6.45, 7) is 4.62. The third-order valence-electron chi connectivity index (χ3n) is 4.74. The van der Waals surface area contributed by atoms with Gasteiger partial charge in [0.1, 0.15) is 24.1 Å². The fourth-order valence-electron chi connectivity index (χ4n) is 3.40. The lowest BCUT2D eigenvalue weighted by atomic mass is 9.87. The number of para-hydroxylation sites is 1. The van der Waals surface area contributed by atoms with Gasteiger partial charge < -0.3 is 0 Å². The van der Waals surface area contributed by atoms with Crippen LogP contribution < -0.4 is 4.57 Å². The van der Waals surface area contributed by atoms with E-state index in [1.807, 2.05) is 0 Å². The van der Waals surface area contributed by atoms with Gasteiger partial charge in [-0.25, -0.2) is 4.57 Å². The summed E-state index contributed by atoms with van der Waals surface area (Å²) in [5, 5.41) is 0. The highest BCUT2D eigenvalue weighted by Gasteiger charge is 2.35. The quantitative estimate of drug-likeness (QED) is 0.591. The van der Waals surface area contributed by atoms with Crippen molar-refractivity contribution in [3.05, 3.63) is 72.6 Å². The highest BCUT2D eigenvalue weighted by atomic mass is 15.2. The molecule has 3 aromatic rings. The highest BCUT2D eigenvalue weighted by Crippen LogP contribution is 2.38. The molecule has 2 aromatic carbocycles. The van der Waals surface area contributed by atoms with Crippen LogP contribution in [0.3, 0.4) is 0 Å². The minimum Gasteiger partial charge on any atom is -0.227 e. The zero-order valence-electron chi connectivity index (χ0n) is 12.4. The zero-order chi connectivity index (χ0) is 14.4. The second-order valence-corrected chi connectivity index (χ2v) is 5.85. The van der Waals surface area contributed by atoms with E-state index in [1.165, 1.54) is 22.6 Å². The first-order valence-electron chi connectivity index (χ1n) is 7.54. The van der Waals surface area contributed by atoms with Crippen molar-refractivity contribution < 1.29 is 4.57 Å². The Kier molecular flexibility index (Phi) is 2.71. The standard InChI is InChI=1S/C19H19N2/c1-14-15(2)20-12-13-21(16-8-4-3-5-9-16)19(20)18-11-7-6-10-17(14)18/h3-15H,1-2H3/q+1. The Morgan fingerprint density at radius 1 is 0.905 bits per heavy atom. The van der Waals surface area contributed by atoms with Crippen molar-refractivity contribution >= 4 is 0 Å². The Morgan fingerprint density at radius 2 is 1.62 bits per heavy atom. The van der Waals surface area contributed by atoms with Crippen molar-refractivity contribution in [2.24, 2.45) is 0 Å². The zero-order valence-corrected chi connectivity index (χ0v) is 12.4. The number of rotatable bonds is 1. The molecule has 0 saturated carbocycles. The van der Waals surface area contributed by atoms with E-state index in [0.717, 1.165) is 0 Å². The Labute approximate surface area is 125 Å². The first kappa shape index (κ1) is 12.4. The average molecular weight is 275 g/mol. The molecule has 1 aliphatic heterocycles. The van der Waals surface area contributed by atoms with E-state index in [9.17, 15) is 0 Å². The molecule has 0 spiro atoms. The van der Waals surface area contributed by atoms with Crippen LogP contribution in [0.15, 0.2) is 67.0 Å². The van der Waals surface area contributed by atoms with Gasteiger partial charge in [-0.3, -0.25) is 0 Å². The first-order chi connectivity index (χ1) is 10.3. The second kappa shape index (κ2) is 4.59. The minimum atomic E-state index is 0.472. The molecular formula is C19H19N2+. The molecule has 2 heteroatoms. The third kappa shape index (κ3) is 1.75. The highest BCUT2D eigenvalue weighted by molar-refractivity contribution is 5.63. The van der Waals surface area contributed by atoms with Crippen molar-refractivity contribution in [1.82, 2.24) is 4.57 Å². The molecule has 4 rings (SSSR count). The summed E-state index contributed by atoms with van der Waals surface area (Å²) in [6.07, 6.45) is 4.38. The van der Waals surface area contributed by atoms with Crippen molar-refractivity contribution in [1.29, 1.82) is 0 Å². The largest absolute Gasteiger partial charge is 0.294 e. The monoisotopic (exact) mass is 275 g/mol. The normalized spacial score (nSPS) is 19.9. The van der Waals surface area contributed by atoms with Crippen molar-refractivity contribution in [2.75, 3.05) is 0 Å². The van der Waals surface area contributed by atoms with Gasteiger partial charge in [0.05, 0.1) is 5.56 Å². The maximum atomic E-state index is 2.40. The lowest BCUT2D eigenvalue weighted by molar-refractivity contribution is -0.713. The summed E-state index contributed by atoms with van der Waals surface area (Å²) in [7, 11) is 0. The van der Waals surface area contributed by atoms with Crippen LogP contribution in [-0.2, 0) is 0 Å². The van der Waals surface area contributed by atoms with Crippen LogP contribution in [0.5, 0.6) is 0 Å². The Hall–Kier alpha value is -2.35. The molecule has 2 atom stereocenters. The molecule has 0 aliphatic carbocycles. The Balaban J connectivity index is 2.01. The van der Waals surface area contributed by atoms with Crippen LogP contribution in [0.4, 0.5) is 0 Å². The molecule has 1 aromatic heterocycles. The number of aromatic nitrogens is 2. The van der Waals surface area contributed by atoms with Gasteiger partial charge in [0.2, 0.25) is 0 Å². The van der Waals surface area contributed by atoms with Gasteiger partial charge in [0.15, 0.2) is 0 Å². The summed E-state index contributed by atoms with van der Waals surface area (Å²) < 4.78 is 4.70. The molecule has 0 radical (unpaired) electrons. The van der Waals surface area contributed by atoms with Gasteiger partial charge in [-0.2, -0.15) is 4.57 Å². The summed E-state index contributed by atoms with van der Waals surface area (Å²) in [5.41, 5.74) is 4.00. The maximum absolute atomic E-state index is 2.40. The van der Waals surface area contributed by atoms with Gasteiger partial charge >= 0.3 is 0 Å². The Bertz CT molecular complexity index is 786. The SMILES string of the molecule is CC1c2ccccc2-c2n(-c3ccccc3)cc[n+]2C1C. The molecule has 21 heavy (non-hydrogen) atoms. The van der Waals surface area contributed by atoms with E-state index in [-0.39, 0.29) is 0 Å². The number of hydrogen-bond donors (Lipinski definition) is 0. The average Bonchev–Trinajstić information content (AvgIpc) is 2.99. The van der Waals surface area contributed by atoms with Crippen molar-refractivity contribution in [3.8, 4) is 17.1 Å². The van der Waals surface area contributed by atoms with E-state index < -0.39 is 0 Å². The Morgan fingerprint density at radius 3 is 2.43 bits per heavy atom. The van der Waals surface area contributed by atoms with Crippen LogP contribution in [-0.4, -0.2) is 4.57 Å². The number of fused-ring (bicyclic) bond motifs is 3. The fraction of sp³-hybridized carbons (Fsp3) is 0.211. The summed E-state index contributed by atoms with van der Waals surface area (Å²) in [6, 6.07) is 19.8. The van der Waals surface area contributed by atoms with Gasteiger partial charge in [0.25, 0.3) is 5.82 Å². The van der Waals surface area contributed by atoms with E-state index in [2.05, 4.69) is 90.0 Å². The van der Waals surface area contributed by atoms with Gasteiger partial charge in [-0.15, -0.1) is 0 Å². The topological polar surface area (TPSA) is 8.81 Å². The van der Waals surface area contributed by atoms with Gasteiger partial charge in [0, 0.05) is 5.92 Å². The molecule has 0 saturated heterocycles. The molecular weight excluding hydrogens is 256 g/mol. The lowest BCUT2D eigenvalue weighted by Crippen LogP contribution is -2.44. The number of benzene rings is 2. The van der Waals surface area contributed by atoms with E-state index in [0.29, 0.717) is 12.0 Å².